The lowest BCUT2D eigenvalue weighted by molar-refractivity contribution is -0.143. The Hall–Kier alpha value is -3.22. The van der Waals surface area contributed by atoms with Gasteiger partial charge >= 0.3 is 12.1 Å². The third-order valence-corrected chi connectivity index (χ3v) is 6.10. The molecular weight excluding hydrogens is 542 g/mol. The minimum absolute atomic E-state index is 0. The lowest BCUT2D eigenvalue weighted by Gasteiger charge is -2.29. The largest absolute Gasteiger partial charge is 0.465 e. The van der Waals surface area contributed by atoms with E-state index in [-0.39, 0.29) is 68.9 Å². The quantitative estimate of drug-likeness (QED) is 0.112. The van der Waals surface area contributed by atoms with E-state index in [1.807, 2.05) is 13.8 Å². The van der Waals surface area contributed by atoms with Gasteiger partial charge in [0.15, 0.2) is 0 Å². The standard InChI is InChI=1S/C27H41N5O7.ClH/c1-5-38-23(33)17-29-21(15-18(2)3)26(35)32-12-6-7-22(32)25(34)30-16-19-8-10-20(11-9-19)24(28)31-27(36)39-14-13-37-4;/h8-11,18,21-22,29H,5-7,12-17H2,1-4H3,(H,30,34)(H2,28,31,36);1H/t21?,22-;/m0./s1. The number of benzene rings is 1. The van der Waals surface area contributed by atoms with E-state index >= 15 is 0 Å². The molecule has 13 heteroatoms. The maximum atomic E-state index is 13.4. The Bertz CT molecular complexity index is 990. The number of esters is 1. The molecule has 40 heavy (non-hydrogen) atoms. The first-order valence-corrected chi connectivity index (χ1v) is 13.2. The molecule has 0 saturated carbocycles. The minimum Gasteiger partial charge on any atom is -0.465 e. The lowest BCUT2D eigenvalue weighted by Crippen LogP contribution is -2.53. The molecule has 12 nitrogen and oxygen atoms in total. The number of nitrogens with zero attached hydrogens (tertiary/aromatic N) is 1. The van der Waals surface area contributed by atoms with E-state index in [4.69, 9.17) is 19.6 Å². The number of rotatable bonds is 14. The molecule has 4 N–H and O–H groups in total. The number of ether oxygens (including phenoxy) is 3. The van der Waals surface area contributed by atoms with Crippen molar-refractivity contribution >= 4 is 42.1 Å². The van der Waals surface area contributed by atoms with Gasteiger partial charge < -0.3 is 24.4 Å². The summed E-state index contributed by atoms with van der Waals surface area (Å²) in [7, 11) is 1.49. The van der Waals surface area contributed by atoms with Crippen LogP contribution in [0.3, 0.4) is 0 Å². The summed E-state index contributed by atoms with van der Waals surface area (Å²) in [4.78, 5) is 51.5. The van der Waals surface area contributed by atoms with Gasteiger partial charge in [0.1, 0.15) is 18.5 Å². The number of halogens is 1. The summed E-state index contributed by atoms with van der Waals surface area (Å²) in [6, 6.07) is 5.65. The molecule has 1 saturated heterocycles. The van der Waals surface area contributed by atoms with Gasteiger partial charge in [0.25, 0.3) is 0 Å². The molecule has 1 aromatic carbocycles. The van der Waals surface area contributed by atoms with E-state index in [0.717, 1.165) is 5.56 Å². The summed E-state index contributed by atoms with van der Waals surface area (Å²) in [5, 5.41) is 16.3. The van der Waals surface area contributed by atoms with E-state index < -0.39 is 24.1 Å². The zero-order valence-corrected chi connectivity index (χ0v) is 24.4. The maximum Gasteiger partial charge on any atom is 0.412 e. The Morgan fingerprint density at radius 2 is 1.80 bits per heavy atom. The van der Waals surface area contributed by atoms with Crippen molar-refractivity contribution in [2.45, 2.75) is 58.7 Å². The Balaban J connectivity index is 0.00000800. The third kappa shape index (κ3) is 11.5. The molecule has 1 heterocycles. The van der Waals surface area contributed by atoms with E-state index in [1.165, 1.54) is 7.11 Å². The number of amides is 3. The van der Waals surface area contributed by atoms with Gasteiger partial charge in [-0.2, -0.15) is 0 Å². The number of likely N-dealkylation sites (tertiary alicyclic amines) is 1. The molecule has 1 fully saturated rings. The van der Waals surface area contributed by atoms with Crippen LogP contribution in [0.25, 0.3) is 0 Å². The smallest absolute Gasteiger partial charge is 0.412 e. The van der Waals surface area contributed by atoms with Crippen LogP contribution in [0.2, 0.25) is 0 Å². The second-order valence-electron chi connectivity index (χ2n) is 9.60. The summed E-state index contributed by atoms with van der Waals surface area (Å²) in [5.41, 5.74) is 1.28. The van der Waals surface area contributed by atoms with Gasteiger partial charge in [-0.25, -0.2) is 4.79 Å². The Labute approximate surface area is 241 Å². The fourth-order valence-electron chi connectivity index (χ4n) is 4.19. The third-order valence-electron chi connectivity index (χ3n) is 6.10. The molecule has 0 spiro atoms. The zero-order chi connectivity index (χ0) is 28.8. The van der Waals surface area contributed by atoms with E-state index in [0.29, 0.717) is 31.4 Å². The molecule has 0 radical (unpaired) electrons. The molecule has 2 rings (SSSR count). The Kier molecular flexibility index (Phi) is 15.8. The molecule has 1 aromatic rings. The molecule has 224 valence electrons. The topological polar surface area (TPSA) is 159 Å². The summed E-state index contributed by atoms with van der Waals surface area (Å²) >= 11 is 0. The predicted octanol–water partition coefficient (Wildman–Crippen LogP) is 1.98. The first-order valence-electron chi connectivity index (χ1n) is 13.2. The van der Waals surface area contributed by atoms with Gasteiger partial charge in [0.2, 0.25) is 11.8 Å². The fourth-order valence-corrected chi connectivity index (χ4v) is 4.19. The van der Waals surface area contributed by atoms with Crippen molar-refractivity contribution in [3.63, 3.8) is 0 Å². The molecular formula is C27H42ClN5O7. The molecule has 0 aromatic heterocycles. The Morgan fingerprint density at radius 1 is 1.10 bits per heavy atom. The number of nitrogens with one attached hydrogen (secondary N) is 4. The number of hydrogen-bond donors (Lipinski definition) is 4. The van der Waals surface area contributed by atoms with Crippen LogP contribution in [0.5, 0.6) is 0 Å². The highest BCUT2D eigenvalue weighted by molar-refractivity contribution is 6.04. The highest BCUT2D eigenvalue weighted by Crippen LogP contribution is 2.20. The molecule has 1 aliphatic heterocycles. The predicted molar refractivity (Wildman–Crippen MR) is 151 cm³/mol. The summed E-state index contributed by atoms with van der Waals surface area (Å²) in [5.74, 6) is -0.757. The van der Waals surface area contributed by atoms with Crippen molar-refractivity contribution in [2.24, 2.45) is 5.92 Å². The van der Waals surface area contributed by atoms with Gasteiger partial charge in [-0.3, -0.25) is 30.4 Å². The summed E-state index contributed by atoms with van der Waals surface area (Å²) in [6.45, 7) is 6.99. The van der Waals surface area contributed by atoms with E-state index in [9.17, 15) is 19.2 Å². The zero-order valence-electron chi connectivity index (χ0n) is 23.6. The number of carbonyl (C=O) groups is 4. The van der Waals surface area contributed by atoms with Crippen LogP contribution in [-0.4, -0.2) is 86.7 Å². The normalized spacial score (nSPS) is 15.1. The molecule has 0 bridgehead atoms. The number of carbonyl (C=O) groups excluding carboxylic acids is 4. The van der Waals surface area contributed by atoms with E-state index in [1.54, 1.807) is 36.1 Å². The van der Waals surface area contributed by atoms with Crippen molar-refractivity contribution in [1.29, 1.82) is 5.41 Å². The minimum atomic E-state index is -0.740. The second kappa shape index (κ2) is 18.2. The molecule has 2 atom stereocenters. The van der Waals surface area contributed by atoms with Gasteiger partial charge in [0.05, 0.1) is 25.8 Å². The number of methoxy groups -OCH3 is 1. The van der Waals surface area contributed by atoms with Crippen molar-refractivity contribution in [3.8, 4) is 0 Å². The number of alkyl carbamates (subject to hydrolysis) is 1. The number of amidine groups is 1. The first-order chi connectivity index (χ1) is 18.7. The van der Waals surface area contributed by atoms with Crippen LogP contribution in [0, 0.1) is 11.3 Å². The SMILES string of the molecule is CCOC(=O)CNC(CC(C)C)C(=O)N1CCC[C@H]1C(=O)NCc1ccc(C(=N)NC(=O)OCCOC)cc1.Cl. The van der Waals surface area contributed by atoms with Crippen molar-refractivity contribution in [2.75, 3.05) is 40.0 Å². The Morgan fingerprint density at radius 3 is 2.42 bits per heavy atom. The van der Waals surface area contributed by atoms with Gasteiger partial charge in [-0.1, -0.05) is 38.1 Å². The molecule has 1 aliphatic rings. The molecule has 0 aliphatic carbocycles. The lowest BCUT2D eigenvalue weighted by atomic mass is 10.0. The average molecular weight is 584 g/mol. The van der Waals surface area contributed by atoms with Gasteiger partial charge in [-0.05, 0) is 37.7 Å². The van der Waals surface area contributed by atoms with Crippen LogP contribution in [0.1, 0.15) is 51.2 Å². The monoisotopic (exact) mass is 583 g/mol. The highest BCUT2D eigenvalue weighted by atomic mass is 35.5. The van der Waals surface area contributed by atoms with Crippen molar-refractivity contribution < 1.29 is 33.4 Å². The molecule has 1 unspecified atom stereocenters. The fraction of sp³-hybridized carbons (Fsp3) is 0.593. The van der Waals surface area contributed by atoms with Crippen LogP contribution in [0.4, 0.5) is 4.79 Å². The maximum absolute atomic E-state index is 13.4. The molecule has 3 amide bonds. The van der Waals surface area contributed by atoms with Crippen molar-refractivity contribution in [3.05, 3.63) is 35.4 Å². The van der Waals surface area contributed by atoms with E-state index in [2.05, 4.69) is 16.0 Å². The first kappa shape index (κ1) is 34.8. The number of hydrogen-bond acceptors (Lipinski definition) is 9. The van der Waals surface area contributed by atoms with Crippen molar-refractivity contribution in [1.82, 2.24) is 20.9 Å². The van der Waals surface area contributed by atoms with Crippen LogP contribution >= 0.6 is 12.4 Å². The van der Waals surface area contributed by atoms with Gasteiger partial charge in [-0.15, -0.1) is 12.4 Å². The van der Waals surface area contributed by atoms with Crippen LogP contribution in [0.15, 0.2) is 24.3 Å². The average Bonchev–Trinajstić information content (AvgIpc) is 3.40. The van der Waals surface area contributed by atoms with Crippen LogP contribution in [-0.2, 0) is 35.1 Å². The highest BCUT2D eigenvalue weighted by Gasteiger charge is 2.37. The van der Waals surface area contributed by atoms with Gasteiger partial charge in [0, 0.05) is 25.8 Å². The second-order valence-corrected chi connectivity index (χ2v) is 9.60. The van der Waals surface area contributed by atoms with Crippen LogP contribution < -0.4 is 16.0 Å². The summed E-state index contributed by atoms with van der Waals surface area (Å²) in [6.07, 6.45) is 1.07. The summed E-state index contributed by atoms with van der Waals surface area (Å²) < 4.78 is 14.7.